The number of carbonyl (C=O) groups is 1. The van der Waals surface area contributed by atoms with E-state index in [1.807, 2.05) is 37.3 Å². The van der Waals surface area contributed by atoms with Gasteiger partial charge in [0, 0.05) is 18.5 Å². The van der Waals surface area contributed by atoms with Crippen LogP contribution in [0, 0.1) is 5.92 Å². The van der Waals surface area contributed by atoms with Crippen molar-refractivity contribution in [3.8, 4) is 22.3 Å². The number of aryl methyl sites for hydroxylation is 1. The molecule has 0 bridgehead atoms. The second-order valence-electron chi connectivity index (χ2n) is 9.63. The molecule has 1 N–H and O–H groups in total. The predicted molar refractivity (Wildman–Crippen MR) is 146 cm³/mol. The molecular weight excluding hydrogens is 462 g/mol. The van der Waals surface area contributed by atoms with Gasteiger partial charge in [-0.05, 0) is 47.1 Å². The second kappa shape index (κ2) is 11.0. The number of nitrogens with one attached hydrogen (secondary N) is 1. The Balaban J connectivity index is 1.28. The van der Waals surface area contributed by atoms with E-state index in [9.17, 15) is 4.79 Å². The Bertz CT molecular complexity index is 1330. The first kappa shape index (κ1) is 24.8. The Morgan fingerprint density at radius 1 is 0.973 bits per heavy atom. The van der Waals surface area contributed by atoms with E-state index in [-0.39, 0.29) is 6.10 Å². The van der Waals surface area contributed by atoms with Crippen molar-refractivity contribution in [2.24, 2.45) is 13.0 Å². The SMILES string of the molecule is CCC(c1ccc(-c2ccc(-c3cnn(C)c3NC(=O)O[C@H](C)c3ccccc3)cc2)cc1)C1COC1. The van der Waals surface area contributed by atoms with E-state index in [1.165, 1.54) is 11.1 Å². The summed E-state index contributed by atoms with van der Waals surface area (Å²) in [6.45, 7) is 5.85. The summed E-state index contributed by atoms with van der Waals surface area (Å²) in [4.78, 5) is 12.6. The first-order valence-corrected chi connectivity index (χ1v) is 12.9. The summed E-state index contributed by atoms with van der Waals surface area (Å²) in [5.74, 6) is 1.79. The maximum absolute atomic E-state index is 12.6. The van der Waals surface area contributed by atoms with Crippen molar-refractivity contribution in [1.82, 2.24) is 9.78 Å². The number of nitrogens with zero attached hydrogens (tertiary/aromatic N) is 2. The average molecular weight is 496 g/mol. The van der Waals surface area contributed by atoms with Crippen molar-refractivity contribution in [3.63, 3.8) is 0 Å². The highest BCUT2D eigenvalue weighted by Crippen LogP contribution is 2.35. The van der Waals surface area contributed by atoms with Crippen LogP contribution in [0.25, 0.3) is 22.3 Å². The molecule has 2 atom stereocenters. The summed E-state index contributed by atoms with van der Waals surface area (Å²) in [7, 11) is 1.80. The van der Waals surface area contributed by atoms with Crippen molar-refractivity contribution >= 4 is 11.9 Å². The number of aromatic nitrogens is 2. The molecule has 5 rings (SSSR count). The van der Waals surface area contributed by atoms with Crippen molar-refractivity contribution in [3.05, 3.63) is 96.2 Å². The molecule has 1 fully saturated rings. The molecule has 1 aliphatic heterocycles. The molecule has 4 aromatic rings. The number of carbonyl (C=O) groups excluding carboxylic acids is 1. The molecule has 190 valence electrons. The van der Waals surface area contributed by atoms with Gasteiger partial charge >= 0.3 is 6.09 Å². The lowest BCUT2D eigenvalue weighted by molar-refractivity contribution is -0.0456. The smallest absolute Gasteiger partial charge is 0.413 e. The first-order valence-electron chi connectivity index (χ1n) is 12.9. The Labute approximate surface area is 218 Å². The minimum absolute atomic E-state index is 0.363. The van der Waals surface area contributed by atoms with Gasteiger partial charge in [-0.2, -0.15) is 5.10 Å². The summed E-state index contributed by atoms with van der Waals surface area (Å²) in [5, 5.41) is 7.24. The third-order valence-corrected chi connectivity index (χ3v) is 7.25. The quantitative estimate of drug-likeness (QED) is 0.281. The maximum Gasteiger partial charge on any atom is 0.413 e. The van der Waals surface area contributed by atoms with E-state index < -0.39 is 6.09 Å². The van der Waals surface area contributed by atoms with Crippen molar-refractivity contribution in [2.45, 2.75) is 32.3 Å². The molecule has 3 aromatic carbocycles. The van der Waals surface area contributed by atoms with Crippen LogP contribution in [0.5, 0.6) is 0 Å². The number of hydrogen-bond donors (Lipinski definition) is 1. The van der Waals surface area contributed by atoms with Crippen LogP contribution in [0.2, 0.25) is 0 Å². The molecule has 1 aromatic heterocycles. The van der Waals surface area contributed by atoms with Crippen LogP contribution < -0.4 is 5.32 Å². The van der Waals surface area contributed by atoms with E-state index >= 15 is 0 Å². The molecule has 37 heavy (non-hydrogen) atoms. The topological polar surface area (TPSA) is 65.4 Å². The zero-order valence-corrected chi connectivity index (χ0v) is 21.6. The van der Waals surface area contributed by atoms with Crippen LogP contribution in [-0.4, -0.2) is 29.1 Å². The second-order valence-corrected chi connectivity index (χ2v) is 9.63. The van der Waals surface area contributed by atoms with Crippen LogP contribution in [0.3, 0.4) is 0 Å². The Morgan fingerprint density at radius 3 is 2.19 bits per heavy atom. The van der Waals surface area contributed by atoms with Gasteiger partial charge in [0.05, 0.1) is 19.4 Å². The van der Waals surface area contributed by atoms with Gasteiger partial charge in [-0.15, -0.1) is 0 Å². The zero-order valence-electron chi connectivity index (χ0n) is 21.6. The molecule has 1 saturated heterocycles. The Hall–Kier alpha value is -3.90. The predicted octanol–water partition coefficient (Wildman–Crippen LogP) is 7.20. The van der Waals surface area contributed by atoms with E-state index in [1.54, 1.807) is 17.9 Å². The van der Waals surface area contributed by atoms with Crippen LogP contribution in [-0.2, 0) is 16.5 Å². The van der Waals surface area contributed by atoms with Crippen LogP contribution >= 0.6 is 0 Å². The molecule has 6 nitrogen and oxygen atoms in total. The van der Waals surface area contributed by atoms with E-state index in [0.717, 1.165) is 41.9 Å². The molecule has 0 saturated carbocycles. The molecule has 1 unspecified atom stereocenters. The standard InChI is InChI=1S/C31H33N3O3/c1-4-28(27-19-36-20-27)25-14-10-23(11-15-25)24-12-16-26(17-13-24)29-18-32-34(3)30(29)33-31(35)37-21(2)22-8-6-5-7-9-22/h5-18,21,27-28H,4,19-20H2,1-3H3,(H,33,35)/t21-,28?/m1/s1. The summed E-state index contributed by atoms with van der Waals surface area (Å²) in [6.07, 6.45) is 2.01. The average Bonchev–Trinajstić information content (AvgIpc) is 3.26. The van der Waals surface area contributed by atoms with Gasteiger partial charge in [-0.25, -0.2) is 4.79 Å². The molecule has 2 heterocycles. The number of hydrogen-bond acceptors (Lipinski definition) is 4. The highest BCUT2D eigenvalue weighted by Gasteiger charge is 2.28. The minimum Gasteiger partial charge on any atom is -0.441 e. The highest BCUT2D eigenvalue weighted by molar-refractivity contribution is 5.90. The molecule has 1 amide bonds. The van der Waals surface area contributed by atoms with E-state index in [4.69, 9.17) is 9.47 Å². The van der Waals surface area contributed by atoms with Gasteiger partial charge in [0.1, 0.15) is 11.9 Å². The van der Waals surface area contributed by atoms with Gasteiger partial charge in [0.15, 0.2) is 0 Å². The van der Waals surface area contributed by atoms with Gasteiger partial charge in [-0.1, -0.05) is 85.8 Å². The van der Waals surface area contributed by atoms with Crippen LogP contribution in [0.1, 0.15) is 43.4 Å². The van der Waals surface area contributed by atoms with Crippen LogP contribution in [0.4, 0.5) is 10.6 Å². The molecule has 1 aliphatic rings. The molecule has 0 spiro atoms. The lowest BCUT2D eigenvalue weighted by Crippen LogP contribution is -2.32. The zero-order chi connectivity index (χ0) is 25.8. The first-order chi connectivity index (χ1) is 18.0. The van der Waals surface area contributed by atoms with Crippen LogP contribution in [0.15, 0.2) is 85.1 Å². The highest BCUT2D eigenvalue weighted by atomic mass is 16.6. The lowest BCUT2D eigenvalue weighted by atomic mass is 9.82. The summed E-state index contributed by atoms with van der Waals surface area (Å²) in [5.41, 5.74) is 6.45. The summed E-state index contributed by atoms with van der Waals surface area (Å²) < 4.78 is 12.7. The number of benzene rings is 3. The fourth-order valence-electron chi connectivity index (χ4n) is 4.97. The van der Waals surface area contributed by atoms with Gasteiger partial charge in [-0.3, -0.25) is 10.00 Å². The van der Waals surface area contributed by atoms with Gasteiger partial charge < -0.3 is 9.47 Å². The number of ether oxygens (including phenoxy) is 2. The number of amides is 1. The van der Waals surface area contributed by atoms with Crippen molar-refractivity contribution in [2.75, 3.05) is 18.5 Å². The van der Waals surface area contributed by atoms with Crippen molar-refractivity contribution < 1.29 is 14.3 Å². The van der Waals surface area contributed by atoms with E-state index in [2.05, 4.69) is 65.9 Å². The third kappa shape index (κ3) is 5.44. The summed E-state index contributed by atoms with van der Waals surface area (Å²) in [6, 6.07) is 26.9. The molecule has 0 radical (unpaired) electrons. The molecular formula is C31H33N3O3. The van der Waals surface area contributed by atoms with E-state index in [0.29, 0.717) is 17.7 Å². The minimum atomic E-state index is -0.517. The largest absolute Gasteiger partial charge is 0.441 e. The van der Waals surface area contributed by atoms with Crippen molar-refractivity contribution in [1.29, 1.82) is 0 Å². The summed E-state index contributed by atoms with van der Waals surface area (Å²) >= 11 is 0. The molecule has 0 aliphatic carbocycles. The monoisotopic (exact) mass is 495 g/mol. The normalized spacial score (nSPS) is 15.0. The maximum atomic E-state index is 12.6. The number of rotatable bonds is 8. The fraction of sp³-hybridized carbons (Fsp3) is 0.290. The van der Waals surface area contributed by atoms with Gasteiger partial charge in [0.25, 0.3) is 0 Å². The number of anilines is 1. The van der Waals surface area contributed by atoms with Gasteiger partial charge in [0.2, 0.25) is 0 Å². The lowest BCUT2D eigenvalue weighted by Gasteiger charge is -2.33. The Morgan fingerprint density at radius 2 is 1.59 bits per heavy atom. The third-order valence-electron chi connectivity index (χ3n) is 7.25. The Kier molecular flexibility index (Phi) is 7.37. The molecule has 6 heteroatoms. The fourth-order valence-corrected chi connectivity index (χ4v) is 4.97.